The molecule has 0 aliphatic rings. The van der Waals surface area contributed by atoms with Gasteiger partial charge in [-0.05, 0) is 42.0 Å². The highest BCUT2D eigenvalue weighted by atomic mass is 32.1. The predicted octanol–water partition coefficient (Wildman–Crippen LogP) is 3.18. The molecule has 0 bridgehead atoms. The first kappa shape index (κ1) is 17.6. The number of halogens is 1. The Morgan fingerprint density at radius 3 is 2.31 bits per heavy atom. The lowest BCUT2D eigenvalue weighted by molar-refractivity contribution is -0.254. The fourth-order valence-corrected chi connectivity index (χ4v) is 3.36. The Morgan fingerprint density at radius 2 is 1.73 bits per heavy atom. The summed E-state index contributed by atoms with van der Waals surface area (Å²) in [4.78, 5) is 23.9. The van der Waals surface area contributed by atoms with Gasteiger partial charge < -0.3 is 20.0 Å². The van der Waals surface area contributed by atoms with Crippen LogP contribution in [0.3, 0.4) is 0 Å². The third-order valence-corrected chi connectivity index (χ3v) is 4.63. The van der Waals surface area contributed by atoms with Crippen molar-refractivity contribution in [2.45, 2.75) is 0 Å². The molecule has 0 radical (unpaired) electrons. The molecule has 5 nitrogen and oxygen atoms in total. The zero-order valence-corrected chi connectivity index (χ0v) is 14.4. The standard InChI is InChI=1S/C19H14FNO4S/c1-25-14-8-4-11(5-9-14)15-10-26-18(16(15)19(23)24)21-17(22)12-2-6-13(20)7-3-12/h2-10H,1H3,(H,21,22)(H,23,24)/p-1. The largest absolute Gasteiger partial charge is 0.545 e. The monoisotopic (exact) mass is 370 g/mol. The molecule has 0 aliphatic carbocycles. The molecule has 1 amide bonds. The number of hydrogen-bond donors (Lipinski definition) is 1. The number of rotatable bonds is 5. The maximum atomic E-state index is 13.0. The number of thiophene rings is 1. The summed E-state index contributed by atoms with van der Waals surface area (Å²) >= 11 is 1.08. The quantitative estimate of drug-likeness (QED) is 0.748. The van der Waals surface area contributed by atoms with Gasteiger partial charge in [-0.25, -0.2) is 4.39 Å². The number of methoxy groups -OCH3 is 1. The number of amides is 1. The lowest BCUT2D eigenvalue weighted by Crippen LogP contribution is -2.24. The van der Waals surface area contributed by atoms with Gasteiger partial charge in [0.2, 0.25) is 0 Å². The van der Waals surface area contributed by atoms with Crippen molar-refractivity contribution in [2.24, 2.45) is 0 Å². The molecule has 3 rings (SSSR count). The molecule has 0 unspecified atom stereocenters. The molecule has 1 aromatic heterocycles. The van der Waals surface area contributed by atoms with Crippen molar-refractivity contribution in [1.29, 1.82) is 0 Å². The van der Waals surface area contributed by atoms with Crippen LogP contribution in [-0.4, -0.2) is 19.0 Å². The van der Waals surface area contributed by atoms with Crippen LogP contribution in [0.1, 0.15) is 20.7 Å². The number of nitrogens with one attached hydrogen (secondary N) is 1. The topological polar surface area (TPSA) is 78.5 Å². The van der Waals surface area contributed by atoms with Gasteiger partial charge in [-0.3, -0.25) is 4.79 Å². The first-order valence-electron chi connectivity index (χ1n) is 7.53. The molecule has 2 aromatic carbocycles. The highest BCUT2D eigenvalue weighted by Gasteiger charge is 2.17. The predicted molar refractivity (Wildman–Crippen MR) is 95.0 cm³/mol. The van der Waals surface area contributed by atoms with E-state index in [-0.39, 0.29) is 16.1 Å². The SMILES string of the molecule is COc1ccc(-c2csc(NC(=O)c3ccc(F)cc3)c2C(=O)[O-])cc1. The maximum absolute atomic E-state index is 13.0. The molecule has 0 fully saturated rings. The highest BCUT2D eigenvalue weighted by Crippen LogP contribution is 2.36. The summed E-state index contributed by atoms with van der Waals surface area (Å²) in [5, 5.41) is 16.0. The average molecular weight is 370 g/mol. The van der Waals surface area contributed by atoms with E-state index in [0.29, 0.717) is 16.9 Å². The van der Waals surface area contributed by atoms with Crippen LogP contribution in [0.25, 0.3) is 11.1 Å². The number of benzene rings is 2. The number of carboxylic acid groups (broad SMARTS) is 1. The molecule has 0 spiro atoms. The summed E-state index contributed by atoms with van der Waals surface area (Å²) in [5.41, 5.74) is 1.21. The normalized spacial score (nSPS) is 10.4. The minimum atomic E-state index is -1.40. The van der Waals surface area contributed by atoms with E-state index < -0.39 is 17.7 Å². The Kier molecular flexibility index (Phi) is 4.99. The van der Waals surface area contributed by atoms with Crippen molar-refractivity contribution >= 4 is 28.2 Å². The number of carboxylic acids is 1. The number of hydrogen-bond acceptors (Lipinski definition) is 5. The van der Waals surface area contributed by atoms with Gasteiger partial charge in [0.1, 0.15) is 16.6 Å². The molecule has 7 heteroatoms. The minimum Gasteiger partial charge on any atom is -0.545 e. The van der Waals surface area contributed by atoms with Crippen molar-refractivity contribution in [1.82, 2.24) is 0 Å². The van der Waals surface area contributed by atoms with Gasteiger partial charge in [0.25, 0.3) is 5.91 Å². The van der Waals surface area contributed by atoms with Gasteiger partial charge in [-0.2, -0.15) is 0 Å². The number of ether oxygens (including phenoxy) is 1. The van der Waals surface area contributed by atoms with E-state index in [9.17, 15) is 19.1 Å². The van der Waals surface area contributed by atoms with Crippen molar-refractivity contribution in [3.05, 3.63) is 70.9 Å². The summed E-state index contributed by atoms with van der Waals surface area (Å²) in [5.74, 6) is -1.75. The molecule has 26 heavy (non-hydrogen) atoms. The van der Waals surface area contributed by atoms with E-state index >= 15 is 0 Å². The van der Waals surface area contributed by atoms with Gasteiger partial charge in [-0.1, -0.05) is 12.1 Å². The fourth-order valence-electron chi connectivity index (χ4n) is 2.41. The molecule has 1 heterocycles. The third kappa shape index (κ3) is 3.57. The summed E-state index contributed by atoms with van der Waals surface area (Å²) in [6, 6.07) is 11.8. The van der Waals surface area contributed by atoms with Crippen molar-refractivity contribution in [3.63, 3.8) is 0 Å². The van der Waals surface area contributed by atoms with Crippen LogP contribution >= 0.6 is 11.3 Å². The van der Waals surface area contributed by atoms with Crippen molar-refractivity contribution < 1.29 is 23.8 Å². The second-order valence-corrected chi connectivity index (χ2v) is 6.21. The lowest BCUT2D eigenvalue weighted by atomic mass is 10.0. The van der Waals surface area contributed by atoms with E-state index in [0.717, 1.165) is 23.5 Å². The molecule has 0 atom stereocenters. The van der Waals surface area contributed by atoms with Crippen LogP contribution in [0.5, 0.6) is 5.75 Å². The summed E-state index contributed by atoms with van der Waals surface area (Å²) in [6.45, 7) is 0. The van der Waals surface area contributed by atoms with E-state index in [2.05, 4.69) is 5.32 Å². The van der Waals surface area contributed by atoms with E-state index in [1.165, 1.54) is 19.2 Å². The maximum Gasteiger partial charge on any atom is 0.256 e. The van der Waals surface area contributed by atoms with Crippen LogP contribution in [0.15, 0.2) is 53.9 Å². The molecular formula is C19H13FNO4S-. The molecule has 0 saturated heterocycles. The smallest absolute Gasteiger partial charge is 0.256 e. The molecular weight excluding hydrogens is 357 g/mol. The van der Waals surface area contributed by atoms with Crippen molar-refractivity contribution in [3.8, 4) is 16.9 Å². The second-order valence-electron chi connectivity index (χ2n) is 5.33. The average Bonchev–Trinajstić information content (AvgIpc) is 3.06. The second kappa shape index (κ2) is 7.37. The summed E-state index contributed by atoms with van der Waals surface area (Å²) < 4.78 is 18.1. The fraction of sp³-hybridized carbons (Fsp3) is 0.0526. The Morgan fingerprint density at radius 1 is 1.08 bits per heavy atom. The zero-order valence-electron chi connectivity index (χ0n) is 13.6. The highest BCUT2D eigenvalue weighted by molar-refractivity contribution is 7.15. The lowest BCUT2D eigenvalue weighted by Gasteiger charge is -2.10. The molecule has 1 N–H and O–H groups in total. The molecule has 0 saturated carbocycles. The van der Waals surface area contributed by atoms with E-state index in [1.807, 2.05) is 0 Å². The van der Waals surface area contributed by atoms with Crippen LogP contribution in [0.2, 0.25) is 0 Å². The summed E-state index contributed by atoms with van der Waals surface area (Å²) in [7, 11) is 1.54. The van der Waals surface area contributed by atoms with Crippen molar-refractivity contribution in [2.75, 3.05) is 12.4 Å². The van der Waals surface area contributed by atoms with E-state index in [1.54, 1.807) is 29.6 Å². The molecule has 132 valence electrons. The van der Waals surface area contributed by atoms with Gasteiger partial charge in [0, 0.05) is 22.1 Å². The molecule has 3 aromatic rings. The first-order valence-corrected chi connectivity index (χ1v) is 8.41. The Labute approximate surface area is 152 Å². The Balaban J connectivity index is 1.93. The van der Waals surface area contributed by atoms with Crippen LogP contribution in [0.4, 0.5) is 9.39 Å². The van der Waals surface area contributed by atoms with Gasteiger partial charge >= 0.3 is 0 Å². The van der Waals surface area contributed by atoms with Crippen LogP contribution in [-0.2, 0) is 0 Å². The van der Waals surface area contributed by atoms with E-state index in [4.69, 9.17) is 4.74 Å². The zero-order chi connectivity index (χ0) is 18.7. The first-order chi connectivity index (χ1) is 12.5. The third-order valence-electron chi connectivity index (χ3n) is 3.73. The molecule has 0 aliphatic heterocycles. The van der Waals surface area contributed by atoms with Gasteiger partial charge in [0.05, 0.1) is 13.1 Å². The van der Waals surface area contributed by atoms with Gasteiger partial charge in [-0.15, -0.1) is 11.3 Å². The van der Waals surface area contributed by atoms with Gasteiger partial charge in [0.15, 0.2) is 0 Å². The minimum absolute atomic E-state index is 0.101. The number of carbonyl (C=O) groups is 2. The Bertz CT molecular complexity index is 949. The Hall–Kier alpha value is -3.19. The number of carbonyl (C=O) groups excluding carboxylic acids is 2. The summed E-state index contributed by atoms with van der Waals surface area (Å²) in [6.07, 6.45) is 0. The number of aromatic carboxylic acids is 1. The number of anilines is 1. The van der Waals surface area contributed by atoms with Crippen LogP contribution in [0, 0.1) is 5.82 Å². The van der Waals surface area contributed by atoms with Crippen LogP contribution < -0.4 is 15.2 Å².